The first-order valence-electron chi connectivity index (χ1n) is 9.88. The van der Waals surface area contributed by atoms with E-state index >= 15 is 0 Å². The van der Waals surface area contributed by atoms with Crippen LogP contribution in [0.2, 0.25) is 10.0 Å². The molecule has 0 spiro atoms. The Bertz CT molecular complexity index is 896. The molecule has 0 radical (unpaired) electrons. The summed E-state index contributed by atoms with van der Waals surface area (Å²) >= 11 is 12.3. The summed E-state index contributed by atoms with van der Waals surface area (Å²) < 4.78 is 38.1. The fourth-order valence-corrected chi connectivity index (χ4v) is 4.03. The molecule has 3 rings (SSSR count). The van der Waals surface area contributed by atoms with Gasteiger partial charge in [-0.25, -0.2) is 0 Å². The van der Waals surface area contributed by atoms with E-state index in [1.54, 1.807) is 6.07 Å². The highest BCUT2D eigenvalue weighted by atomic mass is 35.5. The normalized spacial score (nSPS) is 15.2. The number of aryl methyl sites for hydroxylation is 1. The van der Waals surface area contributed by atoms with E-state index in [9.17, 15) is 18.0 Å². The summed E-state index contributed by atoms with van der Waals surface area (Å²) in [4.78, 5) is 14.6. The summed E-state index contributed by atoms with van der Waals surface area (Å²) in [6, 6.07) is 8.62. The Kier molecular flexibility index (Phi) is 7.66. The van der Waals surface area contributed by atoms with Crippen LogP contribution in [0.4, 0.5) is 18.9 Å². The summed E-state index contributed by atoms with van der Waals surface area (Å²) in [5.41, 5.74) is 1.30. The average Bonchev–Trinajstić information content (AvgIpc) is 2.69. The summed E-state index contributed by atoms with van der Waals surface area (Å²) in [6.45, 7) is 2.93. The van der Waals surface area contributed by atoms with Gasteiger partial charge in [0.2, 0.25) is 5.91 Å². The standard InChI is InChI=1S/C22H23Cl2F3N2O/c23-19-12-17(22(25,26)27)7-4-15(19)6-9-21(30)28-18-8-5-16(20(24)13-18)14-29-10-2-1-3-11-29/h4-5,7-8,12-13H,1-3,6,9-11,14H2,(H,28,30). The van der Waals surface area contributed by atoms with Crippen molar-refractivity contribution < 1.29 is 18.0 Å². The van der Waals surface area contributed by atoms with Gasteiger partial charge in [-0.05, 0) is 67.7 Å². The van der Waals surface area contributed by atoms with Crippen molar-refractivity contribution in [2.75, 3.05) is 18.4 Å². The fourth-order valence-electron chi connectivity index (χ4n) is 3.51. The minimum Gasteiger partial charge on any atom is -0.326 e. The molecule has 1 N–H and O–H groups in total. The molecule has 1 fully saturated rings. The first-order valence-corrected chi connectivity index (χ1v) is 10.6. The van der Waals surface area contributed by atoms with E-state index in [1.165, 1.54) is 25.3 Å². The molecular weight excluding hydrogens is 436 g/mol. The third-order valence-electron chi connectivity index (χ3n) is 5.18. The number of carbonyl (C=O) groups excluding carboxylic acids is 1. The summed E-state index contributed by atoms with van der Waals surface area (Å²) in [5.74, 6) is -0.259. The van der Waals surface area contributed by atoms with Gasteiger partial charge in [0, 0.05) is 28.7 Å². The van der Waals surface area contributed by atoms with Crippen LogP contribution in [0.1, 0.15) is 42.4 Å². The van der Waals surface area contributed by atoms with Crippen LogP contribution in [-0.2, 0) is 23.9 Å². The van der Waals surface area contributed by atoms with Crippen molar-refractivity contribution in [2.24, 2.45) is 0 Å². The zero-order valence-corrected chi connectivity index (χ0v) is 17.9. The lowest BCUT2D eigenvalue weighted by atomic mass is 10.1. The van der Waals surface area contributed by atoms with E-state index in [4.69, 9.17) is 23.2 Å². The van der Waals surface area contributed by atoms with Crippen molar-refractivity contribution in [1.29, 1.82) is 0 Å². The predicted molar refractivity (Wildman–Crippen MR) is 114 cm³/mol. The number of amides is 1. The van der Waals surface area contributed by atoms with Crippen molar-refractivity contribution in [2.45, 2.75) is 44.8 Å². The molecule has 0 saturated carbocycles. The molecule has 8 heteroatoms. The molecule has 1 aliphatic heterocycles. The van der Waals surface area contributed by atoms with Crippen LogP contribution in [0.5, 0.6) is 0 Å². The second-order valence-electron chi connectivity index (χ2n) is 7.50. The van der Waals surface area contributed by atoms with Crippen LogP contribution in [0, 0.1) is 0 Å². The van der Waals surface area contributed by atoms with E-state index < -0.39 is 11.7 Å². The number of likely N-dealkylation sites (tertiary alicyclic amines) is 1. The first-order chi connectivity index (χ1) is 14.2. The number of halogens is 5. The minimum absolute atomic E-state index is 0.00253. The second-order valence-corrected chi connectivity index (χ2v) is 8.31. The van der Waals surface area contributed by atoms with Crippen LogP contribution in [-0.4, -0.2) is 23.9 Å². The molecule has 2 aromatic rings. The van der Waals surface area contributed by atoms with Crippen LogP contribution >= 0.6 is 23.2 Å². The minimum atomic E-state index is -4.45. The highest BCUT2D eigenvalue weighted by Gasteiger charge is 2.30. The number of rotatable bonds is 6. The average molecular weight is 459 g/mol. The number of nitrogens with one attached hydrogen (secondary N) is 1. The molecule has 3 nitrogen and oxygen atoms in total. The molecule has 0 aromatic heterocycles. The molecular formula is C22H23Cl2F3N2O. The molecule has 1 heterocycles. The number of benzene rings is 2. The van der Waals surface area contributed by atoms with Crippen molar-refractivity contribution >= 4 is 34.8 Å². The van der Waals surface area contributed by atoms with E-state index in [0.29, 0.717) is 16.3 Å². The Morgan fingerprint density at radius 3 is 2.27 bits per heavy atom. The van der Waals surface area contributed by atoms with Gasteiger partial charge in [-0.15, -0.1) is 0 Å². The molecule has 1 amide bonds. The van der Waals surface area contributed by atoms with Gasteiger partial charge in [-0.3, -0.25) is 9.69 Å². The smallest absolute Gasteiger partial charge is 0.326 e. The molecule has 1 saturated heterocycles. The number of piperidine rings is 1. The Labute approximate surface area is 184 Å². The Hall–Kier alpha value is -1.76. The number of hydrogen-bond donors (Lipinski definition) is 1. The Morgan fingerprint density at radius 1 is 0.967 bits per heavy atom. The zero-order chi connectivity index (χ0) is 21.7. The number of hydrogen-bond acceptors (Lipinski definition) is 2. The van der Waals surface area contributed by atoms with Crippen molar-refractivity contribution in [3.63, 3.8) is 0 Å². The van der Waals surface area contributed by atoms with E-state index in [1.807, 2.05) is 12.1 Å². The van der Waals surface area contributed by atoms with Crippen molar-refractivity contribution in [3.8, 4) is 0 Å². The maximum Gasteiger partial charge on any atom is 0.416 e. The maximum absolute atomic E-state index is 12.7. The molecule has 1 aliphatic rings. The van der Waals surface area contributed by atoms with E-state index in [-0.39, 0.29) is 23.8 Å². The van der Waals surface area contributed by atoms with Gasteiger partial charge in [0.25, 0.3) is 0 Å². The monoisotopic (exact) mass is 458 g/mol. The number of alkyl halides is 3. The van der Waals surface area contributed by atoms with Gasteiger partial charge in [0.15, 0.2) is 0 Å². The van der Waals surface area contributed by atoms with E-state index in [0.717, 1.165) is 37.3 Å². The van der Waals surface area contributed by atoms with Crippen LogP contribution in [0.3, 0.4) is 0 Å². The number of carbonyl (C=O) groups is 1. The zero-order valence-electron chi connectivity index (χ0n) is 16.4. The summed E-state index contributed by atoms with van der Waals surface area (Å²) in [5, 5.41) is 3.38. The number of nitrogens with zero attached hydrogens (tertiary/aromatic N) is 1. The molecule has 0 bridgehead atoms. The molecule has 0 aliphatic carbocycles. The Balaban J connectivity index is 1.54. The van der Waals surface area contributed by atoms with Crippen molar-refractivity contribution in [3.05, 3.63) is 63.1 Å². The highest BCUT2D eigenvalue weighted by Crippen LogP contribution is 2.32. The van der Waals surface area contributed by atoms with E-state index in [2.05, 4.69) is 10.2 Å². The van der Waals surface area contributed by atoms with Gasteiger partial charge in [-0.2, -0.15) is 13.2 Å². The quantitative estimate of drug-likeness (QED) is 0.530. The lowest BCUT2D eigenvalue weighted by Gasteiger charge is -2.26. The lowest BCUT2D eigenvalue weighted by molar-refractivity contribution is -0.137. The van der Waals surface area contributed by atoms with Crippen LogP contribution in [0.25, 0.3) is 0 Å². The third-order valence-corrected chi connectivity index (χ3v) is 5.88. The summed E-state index contributed by atoms with van der Waals surface area (Å²) in [6.07, 6.45) is -0.433. The fraction of sp³-hybridized carbons (Fsp3) is 0.409. The van der Waals surface area contributed by atoms with Gasteiger partial charge in [0.05, 0.1) is 5.56 Å². The molecule has 0 unspecified atom stereocenters. The molecule has 0 atom stereocenters. The van der Waals surface area contributed by atoms with Crippen LogP contribution in [0.15, 0.2) is 36.4 Å². The van der Waals surface area contributed by atoms with Gasteiger partial charge < -0.3 is 5.32 Å². The Morgan fingerprint density at radius 2 is 1.63 bits per heavy atom. The third kappa shape index (κ3) is 6.37. The highest BCUT2D eigenvalue weighted by molar-refractivity contribution is 6.32. The maximum atomic E-state index is 12.7. The molecule has 2 aromatic carbocycles. The number of anilines is 1. The van der Waals surface area contributed by atoms with Gasteiger partial charge in [-0.1, -0.05) is 41.8 Å². The SMILES string of the molecule is O=C(CCc1ccc(C(F)(F)F)cc1Cl)Nc1ccc(CN2CCCCC2)c(Cl)c1. The topological polar surface area (TPSA) is 32.3 Å². The first kappa shape index (κ1) is 22.9. The predicted octanol–water partition coefficient (Wildman–Crippen LogP) is 6.57. The van der Waals surface area contributed by atoms with Crippen molar-refractivity contribution in [1.82, 2.24) is 4.90 Å². The largest absolute Gasteiger partial charge is 0.416 e. The second kappa shape index (κ2) is 10.0. The van der Waals surface area contributed by atoms with Crippen LogP contribution < -0.4 is 5.32 Å². The lowest BCUT2D eigenvalue weighted by Crippen LogP contribution is -2.29. The molecule has 30 heavy (non-hydrogen) atoms. The molecule has 162 valence electrons. The van der Waals surface area contributed by atoms with Gasteiger partial charge >= 0.3 is 6.18 Å². The summed E-state index contributed by atoms with van der Waals surface area (Å²) in [7, 11) is 0. The van der Waals surface area contributed by atoms with Gasteiger partial charge in [0.1, 0.15) is 0 Å².